The minimum Gasteiger partial charge on any atom is -0.481 e. The van der Waals surface area contributed by atoms with Gasteiger partial charge in [-0.25, -0.2) is 0 Å². The Bertz CT molecular complexity index is 608. The molecule has 2 atom stereocenters. The van der Waals surface area contributed by atoms with Gasteiger partial charge in [-0.3, -0.25) is 9.59 Å². The molecule has 4 nitrogen and oxygen atoms in total. The summed E-state index contributed by atoms with van der Waals surface area (Å²) in [5, 5.41) is 9.04. The number of nitrogens with zero attached hydrogens (tertiary/aromatic N) is 1. The molecule has 1 aromatic carbocycles. The molecule has 1 fully saturated rings. The van der Waals surface area contributed by atoms with Crippen molar-refractivity contribution in [2.45, 2.75) is 31.6 Å². The van der Waals surface area contributed by atoms with Gasteiger partial charge in [0.1, 0.15) is 0 Å². The van der Waals surface area contributed by atoms with Crippen LogP contribution >= 0.6 is 0 Å². The first-order valence-corrected chi connectivity index (χ1v) is 6.84. The summed E-state index contributed by atoms with van der Waals surface area (Å²) < 4.78 is 0. The Morgan fingerprint density at radius 2 is 2.11 bits per heavy atom. The Hall–Kier alpha value is -1.84. The van der Waals surface area contributed by atoms with Crippen LogP contribution in [0.4, 0.5) is 5.69 Å². The van der Waals surface area contributed by atoms with E-state index in [2.05, 4.69) is 12.1 Å². The lowest BCUT2D eigenvalue weighted by Crippen LogP contribution is -2.31. The Labute approximate surface area is 111 Å². The molecule has 2 heterocycles. The predicted octanol–water partition coefficient (Wildman–Crippen LogP) is 1.71. The number of carbonyl (C=O) groups excluding carboxylic acids is 1. The van der Waals surface area contributed by atoms with Crippen LogP contribution in [0.15, 0.2) is 12.1 Å². The summed E-state index contributed by atoms with van der Waals surface area (Å²) >= 11 is 0. The van der Waals surface area contributed by atoms with Crippen molar-refractivity contribution >= 4 is 17.6 Å². The van der Waals surface area contributed by atoms with Crippen molar-refractivity contribution in [3.8, 4) is 0 Å². The van der Waals surface area contributed by atoms with Crippen molar-refractivity contribution in [3.63, 3.8) is 0 Å². The molecule has 1 aliphatic carbocycles. The van der Waals surface area contributed by atoms with Crippen LogP contribution in [0.2, 0.25) is 0 Å². The molecule has 0 radical (unpaired) electrons. The second-order valence-corrected chi connectivity index (χ2v) is 5.80. The lowest BCUT2D eigenvalue weighted by Gasteiger charge is -2.26. The minimum atomic E-state index is -0.697. The fraction of sp³-hybridized carbons (Fsp3) is 0.467. The molecular formula is C15H15NO3. The Morgan fingerprint density at radius 1 is 1.32 bits per heavy atom. The van der Waals surface area contributed by atoms with Crippen molar-refractivity contribution in [2.24, 2.45) is 5.92 Å². The highest BCUT2D eigenvalue weighted by molar-refractivity contribution is 6.02. The average Bonchev–Trinajstić information content (AvgIpc) is 3.12. The van der Waals surface area contributed by atoms with Crippen molar-refractivity contribution < 1.29 is 14.7 Å². The zero-order valence-corrected chi connectivity index (χ0v) is 10.6. The summed E-state index contributed by atoms with van der Waals surface area (Å²) in [7, 11) is 0. The summed E-state index contributed by atoms with van der Waals surface area (Å²) in [5.41, 5.74) is 4.58. The zero-order valence-electron chi connectivity index (χ0n) is 10.6. The molecule has 4 rings (SSSR count). The average molecular weight is 257 g/mol. The van der Waals surface area contributed by atoms with E-state index >= 15 is 0 Å². The fourth-order valence-corrected chi connectivity index (χ4v) is 3.56. The molecule has 0 spiro atoms. The summed E-state index contributed by atoms with van der Waals surface area (Å²) in [6.07, 6.45) is 3.24. The third-order valence-corrected chi connectivity index (χ3v) is 4.57. The highest BCUT2D eigenvalue weighted by Gasteiger charge is 2.45. The predicted molar refractivity (Wildman–Crippen MR) is 69.3 cm³/mol. The van der Waals surface area contributed by atoms with Gasteiger partial charge in [-0.1, -0.05) is 12.1 Å². The molecule has 0 saturated heterocycles. The summed E-state index contributed by atoms with van der Waals surface area (Å²) in [5.74, 6) is -0.567. The Kier molecular flexibility index (Phi) is 2.08. The van der Waals surface area contributed by atoms with E-state index in [0.29, 0.717) is 6.42 Å². The molecule has 1 N–H and O–H groups in total. The van der Waals surface area contributed by atoms with Crippen LogP contribution in [-0.4, -0.2) is 23.5 Å². The summed E-state index contributed by atoms with van der Waals surface area (Å²) in [4.78, 5) is 24.8. The van der Waals surface area contributed by atoms with E-state index in [4.69, 9.17) is 5.11 Å². The number of anilines is 1. The quantitative estimate of drug-likeness (QED) is 0.877. The van der Waals surface area contributed by atoms with Crippen molar-refractivity contribution in [2.75, 3.05) is 11.4 Å². The number of amides is 1. The van der Waals surface area contributed by atoms with Crippen molar-refractivity contribution in [1.82, 2.24) is 0 Å². The highest BCUT2D eigenvalue weighted by Crippen LogP contribution is 2.50. The second-order valence-electron chi connectivity index (χ2n) is 5.80. The molecule has 0 bridgehead atoms. The number of hydrogen-bond donors (Lipinski definition) is 1. The number of aryl methyl sites for hydroxylation is 1. The zero-order chi connectivity index (χ0) is 13.1. The van der Waals surface area contributed by atoms with Gasteiger partial charge in [0, 0.05) is 6.54 Å². The molecule has 98 valence electrons. The van der Waals surface area contributed by atoms with E-state index < -0.39 is 5.97 Å². The van der Waals surface area contributed by atoms with Crippen LogP contribution in [0, 0.1) is 5.92 Å². The molecule has 2 aliphatic heterocycles. The number of carbonyl (C=O) groups is 2. The number of carboxylic acids is 1. The van der Waals surface area contributed by atoms with E-state index in [9.17, 15) is 9.59 Å². The van der Waals surface area contributed by atoms with E-state index in [1.165, 1.54) is 5.56 Å². The summed E-state index contributed by atoms with van der Waals surface area (Å²) in [6, 6.07) is 4.20. The van der Waals surface area contributed by atoms with E-state index in [-0.39, 0.29) is 17.7 Å². The molecule has 1 amide bonds. The van der Waals surface area contributed by atoms with Gasteiger partial charge in [0.25, 0.3) is 0 Å². The smallest absolute Gasteiger partial charge is 0.307 e. The van der Waals surface area contributed by atoms with Gasteiger partial charge in [-0.2, -0.15) is 0 Å². The van der Waals surface area contributed by atoms with Gasteiger partial charge < -0.3 is 10.0 Å². The maximum Gasteiger partial charge on any atom is 0.307 e. The maximum absolute atomic E-state index is 11.9. The maximum atomic E-state index is 11.9. The van der Waals surface area contributed by atoms with Crippen LogP contribution in [0.5, 0.6) is 0 Å². The number of aliphatic carboxylic acids is 1. The minimum absolute atomic E-state index is 0.158. The van der Waals surface area contributed by atoms with Crippen molar-refractivity contribution in [3.05, 3.63) is 28.8 Å². The Morgan fingerprint density at radius 3 is 2.84 bits per heavy atom. The monoisotopic (exact) mass is 257 g/mol. The highest BCUT2D eigenvalue weighted by atomic mass is 16.4. The first kappa shape index (κ1) is 11.0. The van der Waals surface area contributed by atoms with E-state index in [1.807, 2.05) is 4.90 Å². The molecule has 0 aromatic heterocycles. The van der Waals surface area contributed by atoms with Crippen LogP contribution in [0.25, 0.3) is 0 Å². The first-order valence-electron chi connectivity index (χ1n) is 6.84. The molecule has 3 aliphatic rings. The van der Waals surface area contributed by atoms with Gasteiger partial charge in [-0.15, -0.1) is 0 Å². The van der Waals surface area contributed by atoms with Crippen LogP contribution in [0.3, 0.4) is 0 Å². The lowest BCUT2D eigenvalue weighted by atomic mass is 9.95. The van der Waals surface area contributed by atoms with Gasteiger partial charge >= 0.3 is 5.97 Å². The third-order valence-electron chi connectivity index (χ3n) is 4.57. The number of hydrogen-bond acceptors (Lipinski definition) is 2. The van der Waals surface area contributed by atoms with Gasteiger partial charge in [0.2, 0.25) is 5.91 Å². The Balaban J connectivity index is 1.76. The third kappa shape index (κ3) is 1.52. The molecule has 2 unspecified atom stereocenters. The standard InChI is InChI=1S/C15H15NO3/c17-13-6-10-5-9(11-7-12(11)15(18)19)4-8-2-1-3-16(13)14(8)10/h4-5,11-12H,1-3,6-7H2,(H,18,19). The van der Waals surface area contributed by atoms with Gasteiger partial charge in [0.15, 0.2) is 0 Å². The largest absolute Gasteiger partial charge is 0.481 e. The topological polar surface area (TPSA) is 57.6 Å². The van der Waals surface area contributed by atoms with E-state index in [1.54, 1.807) is 0 Å². The molecular weight excluding hydrogens is 242 g/mol. The molecule has 1 saturated carbocycles. The molecule has 19 heavy (non-hydrogen) atoms. The first-order chi connectivity index (χ1) is 9.15. The van der Waals surface area contributed by atoms with E-state index in [0.717, 1.165) is 42.6 Å². The number of rotatable bonds is 2. The molecule has 4 heteroatoms. The normalized spacial score (nSPS) is 27.4. The second kappa shape index (κ2) is 3.59. The van der Waals surface area contributed by atoms with Gasteiger partial charge in [-0.05, 0) is 41.9 Å². The van der Waals surface area contributed by atoms with Gasteiger partial charge in [0.05, 0.1) is 18.0 Å². The fourth-order valence-electron chi connectivity index (χ4n) is 3.56. The number of benzene rings is 1. The SMILES string of the molecule is O=C(O)C1CC1c1cc2c3c(c1)CC(=O)N3CCC2. The lowest BCUT2D eigenvalue weighted by molar-refractivity contribution is -0.138. The van der Waals surface area contributed by atoms with Crippen LogP contribution in [0.1, 0.15) is 35.4 Å². The van der Waals surface area contributed by atoms with Crippen molar-refractivity contribution in [1.29, 1.82) is 0 Å². The van der Waals surface area contributed by atoms with Crippen LogP contribution in [-0.2, 0) is 22.4 Å². The number of carboxylic acid groups (broad SMARTS) is 1. The molecule has 1 aromatic rings. The van der Waals surface area contributed by atoms with Crippen LogP contribution < -0.4 is 4.90 Å². The summed E-state index contributed by atoms with van der Waals surface area (Å²) in [6.45, 7) is 0.833.